The van der Waals surface area contributed by atoms with Gasteiger partial charge in [0, 0.05) is 6.61 Å². The van der Waals surface area contributed by atoms with E-state index in [2.05, 4.69) is 26.0 Å². The Morgan fingerprint density at radius 1 is 1.18 bits per heavy atom. The maximum absolute atomic E-state index is 12.8. The van der Waals surface area contributed by atoms with Gasteiger partial charge in [-0.2, -0.15) is 0 Å². The van der Waals surface area contributed by atoms with Crippen LogP contribution in [0.4, 0.5) is 4.79 Å². The summed E-state index contributed by atoms with van der Waals surface area (Å²) in [6.45, 7) is 15.8. The minimum absolute atomic E-state index is 0.00558. The van der Waals surface area contributed by atoms with E-state index in [4.69, 9.17) is 14.2 Å². The molecule has 28 heavy (non-hydrogen) atoms. The second-order valence-corrected chi connectivity index (χ2v) is 9.92. The molecule has 1 aromatic rings. The Hall–Kier alpha value is -1.59. The van der Waals surface area contributed by atoms with Crippen molar-refractivity contribution in [2.45, 2.75) is 85.3 Å². The molecule has 0 aromatic heterocycles. The van der Waals surface area contributed by atoms with Gasteiger partial charge in [0.15, 0.2) is 0 Å². The van der Waals surface area contributed by atoms with Crippen LogP contribution in [0.15, 0.2) is 30.3 Å². The van der Waals surface area contributed by atoms with Gasteiger partial charge in [-0.3, -0.25) is 4.90 Å². The molecule has 0 spiro atoms. The average molecular weight is 392 g/mol. The molecule has 5 heteroatoms. The van der Waals surface area contributed by atoms with Gasteiger partial charge in [-0.05, 0) is 58.4 Å². The van der Waals surface area contributed by atoms with Crippen LogP contribution in [0, 0.1) is 5.41 Å². The van der Waals surface area contributed by atoms with Crippen molar-refractivity contribution in [1.29, 1.82) is 0 Å². The SMILES string of the molecule is CC(C)(CCOCc1ccccc1)C[C@H]1COC(C)(C)N1C(=O)OC(C)(C)C. The van der Waals surface area contributed by atoms with Gasteiger partial charge in [0.05, 0.1) is 19.3 Å². The van der Waals surface area contributed by atoms with E-state index in [1.54, 1.807) is 4.90 Å². The van der Waals surface area contributed by atoms with Crippen molar-refractivity contribution in [2.75, 3.05) is 13.2 Å². The number of benzene rings is 1. The van der Waals surface area contributed by atoms with Crippen LogP contribution < -0.4 is 0 Å². The largest absolute Gasteiger partial charge is 0.444 e. The zero-order valence-electron chi connectivity index (χ0n) is 18.6. The van der Waals surface area contributed by atoms with E-state index in [1.165, 1.54) is 5.56 Å². The van der Waals surface area contributed by atoms with Gasteiger partial charge in [-0.25, -0.2) is 4.79 Å². The van der Waals surface area contributed by atoms with Crippen LogP contribution in [0.25, 0.3) is 0 Å². The van der Waals surface area contributed by atoms with Gasteiger partial charge >= 0.3 is 6.09 Å². The molecule has 1 aromatic carbocycles. The third-order valence-corrected chi connectivity index (χ3v) is 4.99. The summed E-state index contributed by atoms with van der Waals surface area (Å²) < 4.78 is 17.4. The Balaban J connectivity index is 1.90. The van der Waals surface area contributed by atoms with Crippen molar-refractivity contribution >= 4 is 6.09 Å². The molecule has 1 atom stereocenters. The van der Waals surface area contributed by atoms with Crippen LogP contribution in [0.5, 0.6) is 0 Å². The van der Waals surface area contributed by atoms with E-state index in [0.29, 0.717) is 19.8 Å². The molecule has 0 unspecified atom stereocenters. The van der Waals surface area contributed by atoms with Crippen LogP contribution in [0.3, 0.4) is 0 Å². The molecule has 1 amide bonds. The lowest BCUT2D eigenvalue weighted by Crippen LogP contribution is -2.50. The molecule has 1 saturated heterocycles. The van der Waals surface area contributed by atoms with Crippen molar-refractivity contribution in [3.05, 3.63) is 35.9 Å². The van der Waals surface area contributed by atoms with Crippen molar-refractivity contribution in [3.8, 4) is 0 Å². The van der Waals surface area contributed by atoms with Gasteiger partial charge in [-0.15, -0.1) is 0 Å². The van der Waals surface area contributed by atoms with Crippen LogP contribution in [-0.2, 0) is 20.8 Å². The van der Waals surface area contributed by atoms with E-state index in [-0.39, 0.29) is 17.6 Å². The summed E-state index contributed by atoms with van der Waals surface area (Å²) in [5, 5.41) is 0. The Labute approximate surface area is 170 Å². The highest BCUT2D eigenvalue weighted by atomic mass is 16.6. The second kappa shape index (κ2) is 8.83. The van der Waals surface area contributed by atoms with Crippen molar-refractivity contribution in [1.82, 2.24) is 4.90 Å². The normalized spacial score (nSPS) is 19.7. The number of carbonyl (C=O) groups excluding carboxylic acids is 1. The summed E-state index contributed by atoms with van der Waals surface area (Å²) >= 11 is 0. The number of carbonyl (C=O) groups is 1. The molecule has 1 aliphatic rings. The predicted octanol–water partition coefficient (Wildman–Crippen LogP) is 5.38. The summed E-state index contributed by atoms with van der Waals surface area (Å²) in [5.74, 6) is 0. The van der Waals surface area contributed by atoms with Crippen molar-refractivity contribution in [3.63, 3.8) is 0 Å². The molecule has 1 fully saturated rings. The molecule has 0 aliphatic carbocycles. The molecule has 0 radical (unpaired) electrons. The highest BCUT2D eigenvalue weighted by molar-refractivity contribution is 5.69. The second-order valence-electron chi connectivity index (χ2n) is 9.92. The number of ether oxygens (including phenoxy) is 3. The molecule has 0 saturated carbocycles. The Morgan fingerprint density at radius 2 is 1.82 bits per heavy atom. The van der Waals surface area contributed by atoms with E-state index in [0.717, 1.165) is 12.8 Å². The average Bonchev–Trinajstić information content (AvgIpc) is 2.85. The summed E-state index contributed by atoms with van der Waals surface area (Å²) in [6, 6.07) is 10.2. The summed E-state index contributed by atoms with van der Waals surface area (Å²) in [5.41, 5.74) is 0.0155. The minimum atomic E-state index is -0.660. The predicted molar refractivity (Wildman–Crippen MR) is 111 cm³/mol. The summed E-state index contributed by atoms with van der Waals surface area (Å²) in [6.07, 6.45) is 1.44. The molecule has 158 valence electrons. The lowest BCUT2D eigenvalue weighted by atomic mass is 9.82. The van der Waals surface area contributed by atoms with Crippen molar-refractivity contribution < 1.29 is 19.0 Å². The highest BCUT2D eigenvalue weighted by Crippen LogP contribution is 2.37. The fraction of sp³-hybridized carbons (Fsp3) is 0.696. The third kappa shape index (κ3) is 6.78. The first-order valence-corrected chi connectivity index (χ1v) is 10.2. The molecule has 1 aliphatic heterocycles. The maximum atomic E-state index is 12.8. The number of hydrogen-bond acceptors (Lipinski definition) is 4. The molecule has 0 N–H and O–H groups in total. The first kappa shape index (κ1) is 22.7. The maximum Gasteiger partial charge on any atom is 0.412 e. The van der Waals surface area contributed by atoms with Gasteiger partial charge in [-0.1, -0.05) is 44.2 Å². The summed E-state index contributed by atoms with van der Waals surface area (Å²) in [7, 11) is 0. The van der Waals surface area contributed by atoms with Crippen LogP contribution in [0.2, 0.25) is 0 Å². The van der Waals surface area contributed by atoms with Crippen LogP contribution >= 0.6 is 0 Å². The van der Waals surface area contributed by atoms with E-state index in [1.807, 2.05) is 52.8 Å². The van der Waals surface area contributed by atoms with E-state index in [9.17, 15) is 4.79 Å². The Morgan fingerprint density at radius 3 is 2.43 bits per heavy atom. The zero-order valence-corrected chi connectivity index (χ0v) is 18.6. The molecule has 2 rings (SSSR count). The molecule has 1 heterocycles. The standard InChI is InChI=1S/C23H37NO4/c1-21(2,3)28-20(25)24-19(17-27-23(24,6)7)15-22(4,5)13-14-26-16-18-11-9-8-10-12-18/h8-12,19H,13-17H2,1-7H3/t19-/m0/s1. The van der Waals surface area contributed by atoms with Gasteiger partial charge in [0.2, 0.25) is 0 Å². The third-order valence-electron chi connectivity index (χ3n) is 4.99. The number of hydrogen-bond donors (Lipinski definition) is 0. The molecular formula is C23H37NO4. The first-order chi connectivity index (χ1) is 12.9. The van der Waals surface area contributed by atoms with Gasteiger partial charge < -0.3 is 14.2 Å². The lowest BCUT2D eigenvalue weighted by molar-refractivity contribution is -0.0638. The number of amides is 1. The monoisotopic (exact) mass is 391 g/mol. The topological polar surface area (TPSA) is 48.0 Å². The van der Waals surface area contributed by atoms with E-state index < -0.39 is 11.3 Å². The summed E-state index contributed by atoms with van der Waals surface area (Å²) in [4.78, 5) is 14.6. The molecule has 0 bridgehead atoms. The van der Waals surface area contributed by atoms with E-state index >= 15 is 0 Å². The smallest absolute Gasteiger partial charge is 0.412 e. The highest BCUT2D eigenvalue weighted by Gasteiger charge is 2.47. The van der Waals surface area contributed by atoms with Crippen LogP contribution in [0.1, 0.15) is 66.9 Å². The lowest BCUT2D eigenvalue weighted by Gasteiger charge is -2.37. The number of nitrogens with zero attached hydrogens (tertiary/aromatic N) is 1. The molecule has 5 nitrogen and oxygen atoms in total. The van der Waals surface area contributed by atoms with Gasteiger partial charge in [0.25, 0.3) is 0 Å². The Kier molecular flexibility index (Phi) is 7.16. The quantitative estimate of drug-likeness (QED) is 0.585. The zero-order chi connectivity index (χ0) is 21.0. The number of rotatable bonds is 7. The molecular weight excluding hydrogens is 354 g/mol. The fourth-order valence-electron chi connectivity index (χ4n) is 3.57. The first-order valence-electron chi connectivity index (χ1n) is 10.2. The minimum Gasteiger partial charge on any atom is -0.444 e. The van der Waals surface area contributed by atoms with Gasteiger partial charge in [0.1, 0.15) is 11.3 Å². The van der Waals surface area contributed by atoms with Crippen molar-refractivity contribution in [2.24, 2.45) is 5.41 Å². The van der Waals surface area contributed by atoms with Crippen LogP contribution in [-0.4, -0.2) is 41.6 Å². The fourth-order valence-corrected chi connectivity index (χ4v) is 3.57. The Bertz CT molecular complexity index is 634.